The smallest absolute Gasteiger partial charge is 0.270 e. The SMILES string of the molecule is CC(C)(C)c1cc(/C=C(/C#N)c2cccc([N+](=O)[O-])c2)cc(C(C)(C)C)c1O. The highest BCUT2D eigenvalue weighted by molar-refractivity contribution is 5.90. The summed E-state index contributed by atoms with van der Waals surface area (Å²) in [6.45, 7) is 12.1. The van der Waals surface area contributed by atoms with Crippen LogP contribution in [0.3, 0.4) is 0 Å². The molecule has 1 N–H and O–H groups in total. The molecule has 0 fully saturated rings. The predicted octanol–water partition coefficient (Wildman–Crippen LogP) is 5.96. The Morgan fingerprint density at radius 2 is 1.61 bits per heavy atom. The third-order valence-corrected chi connectivity index (χ3v) is 4.55. The summed E-state index contributed by atoms with van der Waals surface area (Å²) in [5.41, 5.74) is 2.54. The maximum Gasteiger partial charge on any atom is 0.270 e. The van der Waals surface area contributed by atoms with Crippen molar-refractivity contribution < 1.29 is 10.0 Å². The third-order valence-electron chi connectivity index (χ3n) is 4.55. The van der Waals surface area contributed by atoms with E-state index in [1.807, 2.05) is 53.7 Å². The first kappa shape index (κ1) is 21.2. The van der Waals surface area contributed by atoms with Crippen LogP contribution in [0.15, 0.2) is 36.4 Å². The van der Waals surface area contributed by atoms with Crippen LogP contribution >= 0.6 is 0 Å². The van der Waals surface area contributed by atoms with Crippen molar-refractivity contribution >= 4 is 17.3 Å². The molecule has 28 heavy (non-hydrogen) atoms. The van der Waals surface area contributed by atoms with Gasteiger partial charge in [0.25, 0.3) is 5.69 Å². The van der Waals surface area contributed by atoms with Gasteiger partial charge in [-0.1, -0.05) is 53.7 Å². The van der Waals surface area contributed by atoms with E-state index in [1.54, 1.807) is 18.2 Å². The number of non-ortho nitro benzene ring substituents is 1. The first-order valence-electron chi connectivity index (χ1n) is 9.09. The van der Waals surface area contributed by atoms with Gasteiger partial charge in [0.15, 0.2) is 0 Å². The Hall–Kier alpha value is -3.13. The maximum atomic E-state index is 11.0. The number of phenols is 1. The number of allylic oxidation sites excluding steroid dienone is 1. The number of nitro groups is 1. The molecule has 0 aliphatic rings. The molecule has 0 radical (unpaired) electrons. The number of aromatic hydroxyl groups is 1. The van der Waals surface area contributed by atoms with Gasteiger partial charge in [-0.15, -0.1) is 0 Å². The summed E-state index contributed by atoms with van der Waals surface area (Å²) in [5, 5.41) is 31.5. The number of benzene rings is 2. The van der Waals surface area contributed by atoms with Gasteiger partial charge in [-0.2, -0.15) is 5.26 Å². The van der Waals surface area contributed by atoms with Crippen LogP contribution in [0.25, 0.3) is 11.6 Å². The van der Waals surface area contributed by atoms with Crippen molar-refractivity contribution in [3.8, 4) is 11.8 Å². The minimum Gasteiger partial charge on any atom is -0.507 e. The second-order valence-electron chi connectivity index (χ2n) is 8.94. The second-order valence-corrected chi connectivity index (χ2v) is 8.94. The van der Waals surface area contributed by atoms with Crippen LogP contribution in [-0.4, -0.2) is 10.0 Å². The van der Waals surface area contributed by atoms with Gasteiger partial charge < -0.3 is 5.11 Å². The number of nitrogens with zero attached hydrogens (tertiary/aromatic N) is 2. The lowest BCUT2D eigenvalue weighted by molar-refractivity contribution is -0.384. The Balaban J connectivity index is 2.71. The maximum absolute atomic E-state index is 11.0. The number of phenolic OH excluding ortho intramolecular Hbond substituents is 1. The van der Waals surface area contributed by atoms with Gasteiger partial charge in [0, 0.05) is 23.3 Å². The van der Waals surface area contributed by atoms with E-state index < -0.39 is 4.92 Å². The van der Waals surface area contributed by atoms with Gasteiger partial charge in [-0.3, -0.25) is 10.1 Å². The van der Waals surface area contributed by atoms with E-state index in [0.717, 1.165) is 16.7 Å². The summed E-state index contributed by atoms with van der Waals surface area (Å²) >= 11 is 0. The summed E-state index contributed by atoms with van der Waals surface area (Å²) in [4.78, 5) is 10.6. The average molecular weight is 378 g/mol. The zero-order valence-electron chi connectivity index (χ0n) is 17.2. The number of nitro benzene ring substituents is 1. The van der Waals surface area contributed by atoms with E-state index in [9.17, 15) is 20.5 Å². The summed E-state index contributed by atoms with van der Waals surface area (Å²) < 4.78 is 0. The lowest BCUT2D eigenvalue weighted by Crippen LogP contribution is -2.17. The highest BCUT2D eigenvalue weighted by Gasteiger charge is 2.26. The summed E-state index contributed by atoms with van der Waals surface area (Å²) in [6, 6.07) is 11.9. The Labute approximate surface area is 166 Å². The molecule has 5 heteroatoms. The summed E-state index contributed by atoms with van der Waals surface area (Å²) in [7, 11) is 0. The van der Waals surface area contributed by atoms with Crippen molar-refractivity contribution in [2.75, 3.05) is 0 Å². The summed E-state index contributed by atoms with van der Waals surface area (Å²) in [5.74, 6) is 0.269. The van der Waals surface area contributed by atoms with Crippen molar-refractivity contribution in [3.63, 3.8) is 0 Å². The zero-order chi connectivity index (χ0) is 21.3. The van der Waals surface area contributed by atoms with Crippen LogP contribution in [0.4, 0.5) is 5.69 Å². The molecule has 0 unspecified atom stereocenters. The van der Waals surface area contributed by atoms with Crippen molar-refractivity contribution in [2.24, 2.45) is 0 Å². The number of hydrogen-bond donors (Lipinski definition) is 1. The van der Waals surface area contributed by atoms with Crippen molar-refractivity contribution in [1.29, 1.82) is 5.26 Å². The van der Waals surface area contributed by atoms with Gasteiger partial charge >= 0.3 is 0 Å². The van der Waals surface area contributed by atoms with Crippen molar-refractivity contribution in [3.05, 3.63) is 68.8 Å². The highest BCUT2D eigenvalue weighted by atomic mass is 16.6. The summed E-state index contributed by atoms with van der Waals surface area (Å²) in [6.07, 6.45) is 1.71. The molecule has 0 bridgehead atoms. The third kappa shape index (κ3) is 4.58. The molecule has 2 aromatic carbocycles. The molecule has 2 rings (SSSR count). The molecule has 2 aromatic rings. The second kappa shape index (κ2) is 7.47. The van der Waals surface area contributed by atoms with E-state index in [2.05, 4.69) is 6.07 Å². The van der Waals surface area contributed by atoms with Gasteiger partial charge in [0.2, 0.25) is 0 Å². The largest absolute Gasteiger partial charge is 0.507 e. The number of rotatable bonds is 3. The number of hydrogen-bond acceptors (Lipinski definition) is 4. The van der Waals surface area contributed by atoms with Crippen LogP contribution in [0.1, 0.15) is 63.8 Å². The van der Waals surface area contributed by atoms with Crippen LogP contribution in [0, 0.1) is 21.4 Å². The molecule has 0 aliphatic heterocycles. The Bertz CT molecular complexity index is 949. The van der Waals surface area contributed by atoms with Crippen LogP contribution < -0.4 is 0 Å². The van der Waals surface area contributed by atoms with E-state index in [1.165, 1.54) is 12.1 Å². The molecule has 0 aromatic heterocycles. The minimum absolute atomic E-state index is 0.0601. The fraction of sp³-hybridized carbons (Fsp3) is 0.348. The predicted molar refractivity (Wildman–Crippen MR) is 112 cm³/mol. The molecule has 0 saturated carbocycles. The van der Waals surface area contributed by atoms with Crippen molar-refractivity contribution in [1.82, 2.24) is 0 Å². The Morgan fingerprint density at radius 1 is 1.07 bits per heavy atom. The standard InChI is InChI=1S/C23H26N2O3/c1-22(2,3)19-11-15(12-20(21(19)26)23(4,5)6)10-17(14-24)16-8-7-9-18(13-16)25(27)28/h7-13,26H,1-6H3/b17-10-. The normalized spacial score (nSPS) is 12.5. The topological polar surface area (TPSA) is 87.2 Å². The first-order valence-corrected chi connectivity index (χ1v) is 9.09. The molecule has 0 aliphatic carbocycles. The molecule has 146 valence electrons. The lowest BCUT2D eigenvalue weighted by Gasteiger charge is -2.28. The van der Waals surface area contributed by atoms with Crippen molar-refractivity contribution in [2.45, 2.75) is 52.4 Å². The fourth-order valence-corrected chi connectivity index (χ4v) is 3.02. The van der Waals surface area contributed by atoms with E-state index >= 15 is 0 Å². The molecular weight excluding hydrogens is 352 g/mol. The highest BCUT2D eigenvalue weighted by Crippen LogP contribution is 2.40. The number of nitriles is 1. The first-order chi connectivity index (χ1) is 12.8. The molecule has 0 spiro atoms. The van der Waals surface area contributed by atoms with Gasteiger partial charge in [-0.25, -0.2) is 0 Å². The average Bonchev–Trinajstić information content (AvgIpc) is 2.58. The lowest BCUT2D eigenvalue weighted by atomic mass is 9.78. The van der Waals surface area contributed by atoms with Gasteiger partial charge in [-0.05, 0) is 40.2 Å². The fourth-order valence-electron chi connectivity index (χ4n) is 3.02. The van der Waals surface area contributed by atoms with Crippen LogP contribution in [0.5, 0.6) is 5.75 Å². The minimum atomic E-state index is -0.478. The van der Waals surface area contributed by atoms with E-state index in [0.29, 0.717) is 11.1 Å². The molecule has 0 saturated heterocycles. The Morgan fingerprint density at radius 3 is 2.04 bits per heavy atom. The molecule has 0 atom stereocenters. The van der Waals surface area contributed by atoms with Gasteiger partial charge in [0.1, 0.15) is 5.75 Å². The molecule has 0 amide bonds. The monoisotopic (exact) mass is 378 g/mol. The van der Waals surface area contributed by atoms with Gasteiger partial charge in [0.05, 0.1) is 16.6 Å². The zero-order valence-corrected chi connectivity index (χ0v) is 17.2. The van der Waals surface area contributed by atoms with E-state index in [4.69, 9.17) is 0 Å². The van der Waals surface area contributed by atoms with Crippen LogP contribution in [-0.2, 0) is 10.8 Å². The van der Waals surface area contributed by atoms with E-state index in [-0.39, 0.29) is 22.3 Å². The Kier molecular flexibility index (Phi) is 5.65. The molecule has 5 nitrogen and oxygen atoms in total. The molecular formula is C23H26N2O3. The quantitative estimate of drug-likeness (QED) is 0.309. The molecule has 0 heterocycles. The van der Waals surface area contributed by atoms with Crippen LogP contribution in [0.2, 0.25) is 0 Å².